The van der Waals surface area contributed by atoms with Crippen LogP contribution in [0.1, 0.15) is 16.1 Å². The summed E-state index contributed by atoms with van der Waals surface area (Å²) >= 11 is 0. The molecular formula is C17H14O3. The molecule has 0 radical (unpaired) electrons. The maximum Gasteiger partial charge on any atom is 0.223 e. The van der Waals surface area contributed by atoms with Gasteiger partial charge in [0.25, 0.3) is 0 Å². The Morgan fingerprint density at radius 3 is 2.55 bits per heavy atom. The number of furan rings is 1. The second kappa shape index (κ2) is 5.72. The van der Waals surface area contributed by atoms with E-state index in [1.165, 1.54) is 0 Å². The third-order valence-corrected chi connectivity index (χ3v) is 3.05. The number of ketones is 1. The van der Waals surface area contributed by atoms with Crippen molar-refractivity contribution in [2.45, 2.75) is 6.61 Å². The number of hydrogen-bond donors (Lipinski definition) is 0. The highest BCUT2D eigenvalue weighted by Gasteiger charge is 2.12. The summed E-state index contributed by atoms with van der Waals surface area (Å²) in [7, 11) is 0. The second-order valence-corrected chi connectivity index (χ2v) is 4.55. The Morgan fingerprint density at radius 2 is 1.75 bits per heavy atom. The zero-order valence-electron chi connectivity index (χ0n) is 10.9. The zero-order valence-corrected chi connectivity index (χ0v) is 10.9. The molecule has 0 aliphatic heterocycles. The zero-order chi connectivity index (χ0) is 13.8. The Kier molecular flexibility index (Phi) is 3.61. The Bertz CT molecular complexity index is 680. The Morgan fingerprint density at radius 1 is 1.00 bits per heavy atom. The standard InChI is InChI=1S/C17H14O3/c18-15(12-19-11-13-6-2-1-3-7-13)17-10-14-8-4-5-9-16(14)20-17/h1-10H,11-12H2. The first kappa shape index (κ1) is 12.6. The van der Waals surface area contributed by atoms with Gasteiger partial charge in [0, 0.05) is 5.39 Å². The number of ether oxygens (including phenoxy) is 1. The Hall–Kier alpha value is -2.39. The van der Waals surface area contributed by atoms with Crippen molar-refractivity contribution in [3.8, 4) is 0 Å². The van der Waals surface area contributed by atoms with Gasteiger partial charge in [0.15, 0.2) is 5.76 Å². The van der Waals surface area contributed by atoms with Crippen LogP contribution in [-0.2, 0) is 11.3 Å². The average molecular weight is 266 g/mol. The van der Waals surface area contributed by atoms with E-state index in [4.69, 9.17) is 9.15 Å². The van der Waals surface area contributed by atoms with Crippen LogP contribution in [0.15, 0.2) is 65.1 Å². The normalized spacial score (nSPS) is 10.8. The molecule has 0 aliphatic rings. The Balaban J connectivity index is 1.61. The predicted octanol–water partition coefficient (Wildman–Crippen LogP) is 3.83. The molecule has 3 heteroatoms. The highest BCUT2D eigenvalue weighted by Crippen LogP contribution is 2.19. The molecule has 0 spiro atoms. The van der Waals surface area contributed by atoms with Crippen LogP contribution in [0.5, 0.6) is 0 Å². The first-order valence-electron chi connectivity index (χ1n) is 6.46. The molecule has 0 saturated carbocycles. The van der Waals surface area contributed by atoms with Gasteiger partial charge in [-0.25, -0.2) is 0 Å². The van der Waals surface area contributed by atoms with Crippen LogP contribution in [0.3, 0.4) is 0 Å². The summed E-state index contributed by atoms with van der Waals surface area (Å²) in [6.45, 7) is 0.446. The summed E-state index contributed by atoms with van der Waals surface area (Å²) in [5.74, 6) is 0.205. The Labute approximate surface area is 116 Å². The van der Waals surface area contributed by atoms with Crippen molar-refractivity contribution in [3.05, 3.63) is 72.0 Å². The summed E-state index contributed by atoms with van der Waals surface area (Å²) in [6.07, 6.45) is 0. The lowest BCUT2D eigenvalue weighted by Gasteiger charge is -2.02. The molecular weight excluding hydrogens is 252 g/mol. The maximum absolute atomic E-state index is 12.0. The van der Waals surface area contributed by atoms with Crippen molar-refractivity contribution in [2.24, 2.45) is 0 Å². The number of benzene rings is 2. The molecule has 3 nitrogen and oxygen atoms in total. The smallest absolute Gasteiger partial charge is 0.223 e. The number of para-hydroxylation sites is 1. The van der Waals surface area contributed by atoms with Gasteiger partial charge in [0.2, 0.25) is 5.78 Å². The van der Waals surface area contributed by atoms with E-state index < -0.39 is 0 Å². The van der Waals surface area contributed by atoms with Crippen molar-refractivity contribution < 1.29 is 13.9 Å². The van der Waals surface area contributed by atoms with Crippen LogP contribution in [0.25, 0.3) is 11.0 Å². The molecule has 3 aromatic rings. The second-order valence-electron chi connectivity index (χ2n) is 4.55. The highest BCUT2D eigenvalue weighted by atomic mass is 16.5. The first-order valence-corrected chi connectivity index (χ1v) is 6.46. The van der Waals surface area contributed by atoms with Gasteiger partial charge in [-0.05, 0) is 17.7 Å². The lowest BCUT2D eigenvalue weighted by atomic mass is 10.2. The quantitative estimate of drug-likeness (QED) is 0.659. The lowest BCUT2D eigenvalue weighted by molar-refractivity contribution is 0.0702. The van der Waals surface area contributed by atoms with Crippen molar-refractivity contribution in [3.63, 3.8) is 0 Å². The molecule has 0 N–H and O–H groups in total. The topological polar surface area (TPSA) is 39.4 Å². The van der Waals surface area contributed by atoms with Crippen LogP contribution in [-0.4, -0.2) is 12.4 Å². The third kappa shape index (κ3) is 2.78. The third-order valence-electron chi connectivity index (χ3n) is 3.05. The van der Waals surface area contributed by atoms with Crippen molar-refractivity contribution >= 4 is 16.8 Å². The largest absolute Gasteiger partial charge is 0.453 e. The number of hydrogen-bond acceptors (Lipinski definition) is 3. The highest BCUT2D eigenvalue weighted by molar-refractivity contribution is 5.98. The predicted molar refractivity (Wildman–Crippen MR) is 76.6 cm³/mol. The van der Waals surface area contributed by atoms with Crippen LogP contribution in [0.2, 0.25) is 0 Å². The summed E-state index contributed by atoms with van der Waals surface area (Å²) in [5.41, 5.74) is 1.77. The SMILES string of the molecule is O=C(COCc1ccccc1)c1cc2ccccc2o1. The molecule has 3 rings (SSSR count). The van der Waals surface area contributed by atoms with Gasteiger partial charge < -0.3 is 9.15 Å². The van der Waals surface area contributed by atoms with Crippen LogP contribution in [0, 0.1) is 0 Å². The van der Waals surface area contributed by atoms with Crippen LogP contribution in [0.4, 0.5) is 0 Å². The van der Waals surface area contributed by atoms with E-state index in [0.29, 0.717) is 12.4 Å². The van der Waals surface area contributed by atoms with E-state index in [2.05, 4.69) is 0 Å². The molecule has 0 saturated heterocycles. The van der Waals surface area contributed by atoms with E-state index in [9.17, 15) is 4.79 Å². The average Bonchev–Trinajstić information content (AvgIpc) is 2.92. The van der Waals surface area contributed by atoms with Crippen LogP contribution >= 0.6 is 0 Å². The van der Waals surface area contributed by atoms with E-state index in [0.717, 1.165) is 16.5 Å². The summed E-state index contributed by atoms with van der Waals surface area (Å²) < 4.78 is 10.9. The minimum Gasteiger partial charge on any atom is -0.453 e. The molecule has 1 aromatic heterocycles. The molecule has 100 valence electrons. The van der Waals surface area contributed by atoms with Crippen LogP contribution < -0.4 is 0 Å². The number of rotatable bonds is 5. The van der Waals surface area contributed by atoms with Gasteiger partial charge in [0.1, 0.15) is 12.2 Å². The minimum absolute atomic E-state index is 0.0225. The molecule has 0 amide bonds. The van der Waals surface area contributed by atoms with Gasteiger partial charge in [-0.2, -0.15) is 0 Å². The van der Waals surface area contributed by atoms with Gasteiger partial charge in [-0.3, -0.25) is 4.79 Å². The molecule has 0 bridgehead atoms. The fourth-order valence-electron chi connectivity index (χ4n) is 2.03. The molecule has 0 unspecified atom stereocenters. The molecule has 0 aliphatic carbocycles. The van der Waals surface area contributed by atoms with Crippen molar-refractivity contribution in [1.29, 1.82) is 0 Å². The van der Waals surface area contributed by atoms with Gasteiger partial charge >= 0.3 is 0 Å². The van der Waals surface area contributed by atoms with Gasteiger partial charge in [0.05, 0.1) is 6.61 Å². The summed E-state index contributed by atoms with van der Waals surface area (Å²) in [5, 5.41) is 0.930. The molecule has 0 fully saturated rings. The molecule has 1 heterocycles. The summed E-state index contributed by atoms with van der Waals surface area (Å²) in [4.78, 5) is 12.0. The maximum atomic E-state index is 12.0. The number of fused-ring (bicyclic) bond motifs is 1. The minimum atomic E-state index is -0.142. The molecule has 0 atom stereocenters. The van der Waals surface area contributed by atoms with Crippen molar-refractivity contribution in [1.82, 2.24) is 0 Å². The van der Waals surface area contributed by atoms with Crippen molar-refractivity contribution in [2.75, 3.05) is 6.61 Å². The van der Waals surface area contributed by atoms with E-state index in [-0.39, 0.29) is 12.4 Å². The fourth-order valence-corrected chi connectivity index (χ4v) is 2.03. The fraction of sp³-hybridized carbons (Fsp3) is 0.118. The van der Waals surface area contributed by atoms with E-state index in [1.807, 2.05) is 54.6 Å². The monoisotopic (exact) mass is 266 g/mol. The lowest BCUT2D eigenvalue weighted by Crippen LogP contribution is -2.08. The summed E-state index contributed by atoms with van der Waals surface area (Å²) in [6, 6.07) is 19.1. The molecule has 2 aromatic carbocycles. The number of carbonyl (C=O) groups excluding carboxylic acids is 1. The van der Waals surface area contributed by atoms with E-state index >= 15 is 0 Å². The van der Waals surface area contributed by atoms with E-state index in [1.54, 1.807) is 6.07 Å². The number of Topliss-reactive ketones (excluding diaryl/α,β-unsaturated/α-hetero) is 1. The first-order chi connectivity index (χ1) is 9.83. The molecule has 20 heavy (non-hydrogen) atoms. The van der Waals surface area contributed by atoms with Gasteiger partial charge in [-0.15, -0.1) is 0 Å². The van der Waals surface area contributed by atoms with Gasteiger partial charge in [-0.1, -0.05) is 48.5 Å². The number of carbonyl (C=O) groups is 1.